The second-order valence-electron chi connectivity index (χ2n) is 7.02. The lowest BCUT2D eigenvalue weighted by Crippen LogP contribution is -2.38. The van der Waals surface area contributed by atoms with E-state index >= 15 is 0 Å². The van der Waals surface area contributed by atoms with Gasteiger partial charge in [0.2, 0.25) is 0 Å². The van der Waals surface area contributed by atoms with Crippen LogP contribution >= 0.6 is 0 Å². The molecule has 1 nitrogen and oxygen atoms in total. The number of hydrogen-bond donors (Lipinski definition) is 1. The molecular weight excluding hydrogens is 182 g/mol. The fourth-order valence-corrected chi connectivity index (χ4v) is 3.29. The molecular formula is C14H27N. The Balaban J connectivity index is 1.78. The van der Waals surface area contributed by atoms with E-state index in [1.807, 2.05) is 0 Å². The highest BCUT2D eigenvalue weighted by molar-refractivity contribution is 5.05. The molecule has 1 heteroatoms. The number of nitrogens with one attached hydrogen (secondary N) is 1. The van der Waals surface area contributed by atoms with E-state index in [-0.39, 0.29) is 0 Å². The summed E-state index contributed by atoms with van der Waals surface area (Å²) in [7, 11) is 0. The first-order valence-electron chi connectivity index (χ1n) is 6.67. The molecule has 0 aromatic rings. The van der Waals surface area contributed by atoms with E-state index < -0.39 is 0 Å². The molecule has 2 aliphatic rings. The molecule has 2 atom stereocenters. The zero-order valence-electron chi connectivity index (χ0n) is 10.9. The molecule has 0 amide bonds. The molecule has 0 spiro atoms. The van der Waals surface area contributed by atoms with Gasteiger partial charge in [-0.3, -0.25) is 0 Å². The van der Waals surface area contributed by atoms with Crippen LogP contribution in [0.1, 0.15) is 59.8 Å². The van der Waals surface area contributed by atoms with Gasteiger partial charge in [0.15, 0.2) is 0 Å². The predicted octanol–water partition coefficient (Wildman–Crippen LogP) is 3.59. The van der Waals surface area contributed by atoms with Crippen molar-refractivity contribution in [2.75, 3.05) is 6.54 Å². The molecule has 1 N–H and O–H groups in total. The zero-order chi connectivity index (χ0) is 11.1. The smallest absolute Gasteiger partial charge is 0.00966 e. The van der Waals surface area contributed by atoms with E-state index in [4.69, 9.17) is 0 Å². The van der Waals surface area contributed by atoms with Crippen LogP contribution in [0.4, 0.5) is 0 Å². The third-order valence-electron chi connectivity index (χ3n) is 4.63. The maximum Gasteiger partial charge on any atom is 0.00966 e. The maximum atomic E-state index is 3.66. The highest BCUT2D eigenvalue weighted by atomic mass is 15.0. The van der Waals surface area contributed by atoms with Crippen LogP contribution in [0.25, 0.3) is 0 Å². The topological polar surface area (TPSA) is 12.0 Å². The van der Waals surface area contributed by atoms with Crippen LogP contribution < -0.4 is 5.32 Å². The van der Waals surface area contributed by atoms with Gasteiger partial charge in [-0.05, 0) is 63.8 Å². The molecule has 2 aliphatic carbocycles. The second-order valence-corrected chi connectivity index (χ2v) is 7.02. The van der Waals surface area contributed by atoms with E-state index in [2.05, 4.69) is 33.0 Å². The van der Waals surface area contributed by atoms with Crippen LogP contribution in [0.2, 0.25) is 0 Å². The van der Waals surface area contributed by atoms with E-state index in [1.54, 1.807) is 0 Å². The van der Waals surface area contributed by atoms with Crippen LogP contribution in [0.15, 0.2) is 0 Å². The van der Waals surface area contributed by atoms with Crippen LogP contribution in [-0.2, 0) is 0 Å². The van der Waals surface area contributed by atoms with Gasteiger partial charge in [-0.15, -0.1) is 0 Å². The monoisotopic (exact) mass is 209 g/mol. The van der Waals surface area contributed by atoms with E-state index in [9.17, 15) is 0 Å². The fraction of sp³-hybridized carbons (Fsp3) is 1.00. The Bertz CT molecular complexity index is 222. The van der Waals surface area contributed by atoms with Gasteiger partial charge in [0, 0.05) is 5.54 Å². The van der Waals surface area contributed by atoms with Gasteiger partial charge in [0.05, 0.1) is 0 Å². The van der Waals surface area contributed by atoms with E-state index in [1.165, 1.54) is 38.6 Å². The first-order chi connectivity index (χ1) is 6.92. The standard InChI is InChI=1S/C14H27N/c1-13(2,3)15-10-12-9-14(12,4)11-7-5-6-8-11/h11-12,15H,5-10H2,1-4H3. The van der Waals surface area contributed by atoms with Crippen LogP contribution in [-0.4, -0.2) is 12.1 Å². The van der Waals surface area contributed by atoms with Crippen molar-refractivity contribution in [1.29, 1.82) is 0 Å². The molecule has 0 saturated heterocycles. The van der Waals surface area contributed by atoms with Crippen LogP contribution in [0.5, 0.6) is 0 Å². The lowest BCUT2D eigenvalue weighted by Gasteiger charge is -2.24. The van der Waals surface area contributed by atoms with Gasteiger partial charge in [-0.1, -0.05) is 19.8 Å². The Morgan fingerprint density at radius 2 is 1.80 bits per heavy atom. The minimum absolute atomic E-state index is 0.291. The van der Waals surface area contributed by atoms with Crippen molar-refractivity contribution >= 4 is 0 Å². The molecule has 2 saturated carbocycles. The number of rotatable bonds is 3. The largest absolute Gasteiger partial charge is 0.312 e. The summed E-state index contributed by atoms with van der Waals surface area (Å²) in [5, 5.41) is 3.66. The molecule has 2 rings (SSSR count). The summed E-state index contributed by atoms with van der Waals surface area (Å²) < 4.78 is 0. The molecule has 88 valence electrons. The Labute approximate surface area is 95.0 Å². The lowest BCUT2D eigenvalue weighted by molar-refractivity contribution is 0.297. The van der Waals surface area contributed by atoms with Gasteiger partial charge in [0.1, 0.15) is 0 Å². The summed E-state index contributed by atoms with van der Waals surface area (Å²) in [6.07, 6.45) is 7.45. The third kappa shape index (κ3) is 2.55. The molecule has 15 heavy (non-hydrogen) atoms. The van der Waals surface area contributed by atoms with Crippen molar-refractivity contribution in [3.05, 3.63) is 0 Å². The van der Waals surface area contributed by atoms with Crippen LogP contribution in [0.3, 0.4) is 0 Å². The molecule has 0 aromatic carbocycles. The second kappa shape index (κ2) is 3.76. The van der Waals surface area contributed by atoms with Crippen molar-refractivity contribution < 1.29 is 0 Å². The van der Waals surface area contributed by atoms with Crippen molar-refractivity contribution in [1.82, 2.24) is 5.32 Å². The maximum absolute atomic E-state index is 3.66. The lowest BCUT2D eigenvalue weighted by atomic mass is 9.87. The Kier molecular flexibility index (Phi) is 2.87. The summed E-state index contributed by atoms with van der Waals surface area (Å²) in [5.74, 6) is 2.00. The predicted molar refractivity (Wildman–Crippen MR) is 65.9 cm³/mol. The molecule has 0 aromatic heterocycles. The molecule has 0 heterocycles. The van der Waals surface area contributed by atoms with Gasteiger partial charge < -0.3 is 5.32 Å². The van der Waals surface area contributed by atoms with Gasteiger partial charge in [-0.25, -0.2) is 0 Å². The quantitative estimate of drug-likeness (QED) is 0.749. The van der Waals surface area contributed by atoms with E-state index in [0.29, 0.717) is 11.0 Å². The third-order valence-corrected chi connectivity index (χ3v) is 4.63. The van der Waals surface area contributed by atoms with E-state index in [0.717, 1.165) is 11.8 Å². The fourth-order valence-electron chi connectivity index (χ4n) is 3.29. The first-order valence-corrected chi connectivity index (χ1v) is 6.67. The SMILES string of the molecule is CC(C)(C)NCC1CC1(C)C1CCCC1. The normalized spacial score (nSPS) is 37.2. The van der Waals surface area contributed by atoms with Crippen molar-refractivity contribution in [3.8, 4) is 0 Å². The molecule has 0 bridgehead atoms. The zero-order valence-corrected chi connectivity index (χ0v) is 10.9. The summed E-state index contributed by atoms with van der Waals surface area (Å²) in [6.45, 7) is 10.6. The molecule has 2 unspecified atom stereocenters. The average Bonchev–Trinajstić information content (AvgIpc) is 2.63. The summed E-state index contributed by atoms with van der Waals surface area (Å²) >= 11 is 0. The molecule has 0 radical (unpaired) electrons. The van der Waals surface area contributed by atoms with Gasteiger partial charge in [0.25, 0.3) is 0 Å². The first kappa shape index (κ1) is 11.4. The van der Waals surface area contributed by atoms with Gasteiger partial charge >= 0.3 is 0 Å². The van der Waals surface area contributed by atoms with Crippen molar-refractivity contribution in [2.24, 2.45) is 17.3 Å². The Morgan fingerprint density at radius 3 is 2.33 bits per heavy atom. The Morgan fingerprint density at radius 1 is 1.20 bits per heavy atom. The summed E-state index contributed by atoms with van der Waals surface area (Å²) in [6, 6.07) is 0. The molecule has 2 fully saturated rings. The van der Waals surface area contributed by atoms with Crippen molar-refractivity contribution in [3.63, 3.8) is 0 Å². The average molecular weight is 209 g/mol. The van der Waals surface area contributed by atoms with Gasteiger partial charge in [-0.2, -0.15) is 0 Å². The molecule has 0 aliphatic heterocycles. The summed E-state index contributed by atoms with van der Waals surface area (Å²) in [4.78, 5) is 0. The van der Waals surface area contributed by atoms with Crippen molar-refractivity contribution in [2.45, 2.75) is 65.3 Å². The summed E-state index contributed by atoms with van der Waals surface area (Å²) in [5.41, 5.74) is 0.994. The highest BCUT2D eigenvalue weighted by Gasteiger charge is 2.54. The Hall–Kier alpha value is -0.0400. The minimum atomic E-state index is 0.291. The minimum Gasteiger partial charge on any atom is -0.312 e. The van der Waals surface area contributed by atoms with Crippen LogP contribution in [0, 0.1) is 17.3 Å². The highest BCUT2D eigenvalue weighted by Crippen LogP contribution is 2.61. The number of hydrogen-bond acceptors (Lipinski definition) is 1.